The maximum absolute atomic E-state index is 12.4. The number of aromatic nitrogens is 4. The fraction of sp³-hybridized carbons (Fsp3) is 0.0714. The van der Waals surface area contributed by atoms with E-state index in [1.807, 2.05) is 0 Å². The molecule has 1 atom stereocenters. The van der Waals surface area contributed by atoms with Crippen molar-refractivity contribution < 1.29 is 9.21 Å². The van der Waals surface area contributed by atoms with E-state index in [1.54, 1.807) is 18.2 Å². The number of nitrogens with zero attached hydrogens (tertiary/aromatic N) is 4. The van der Waals surface area contributed by atoms with Gasteiger partial charge >= 0.3 is 0 Å². The van der Waals surface area contributed by atoms with E-state index in [0.717, 1.165) is 0 Å². The molecule has 1 amide bonds. The van der Waals surface area contributed by atoms with Crippen LogP contribution in [0.4, 0.5) is 0 Å². The zero-order valence-electron chi connectivity index (χ0n) is 11.4. The number of furan rings is 1. The molecule has 3 rings (SSSR count). The molecule has 0 radical (unpaired) electrons. The molecule has 1 unspecified atom stereocenters. The molecule has 0 aliphatic carbocycles. The zero-order chi connectivity index (χ0) is 15.4. The maximum atomic E-state index is 12.4. The first-order chi connectivity index (χ1) is 10.7. The molecule has 3 N–H and O–H groups in total. The van der Waals surface area contributed by atoms with E-state index in [2.05, 4.69) is 25.3 Å². The van der Waals surface area contributed by atoms with Crippen molar-refractivity contribution in [3.05, 3.63) is 72.7 Å². The van der Waals surface area contributed by atoms with Crippen molar-refractivity contribution in [2.75, 3.05) is 0 Å². The highest BCUT2D eigenvalue weighted by Gasteiger charge is 2.37. The summed E-state index contributed by atoms with van der Waals surface area (Å²) in [5.41, 5.74) is 5.09. The lowest BCUT2D eigenvalue weighted by molar-refractivity contribution is 0.0900. The smallest absolute Gasteiger partial charge is 0.256 e. The summed E-state index contributed by atoms with van der Waals surface area (Å²) in [5.74, 6) is 0.0472. The Bertz CT molecular complexity index is 748. The molecule has 0 saturated carbocycles. The van der Waals surface area contributed by atoms with Gasteiger partial charge in [0.15, 0.2) is 11.6 Å². The van der Waals surface area contributed by atoms with Gasteiger partial charge in [0.05, 0.1) is 11.8 Å². The lowest BCUT2D eigenvalue weighted by Crippen LogP contribution is -2.54. The van der Waals surface area contributed by atoms with Crippen LogP contribution in [0.2, 0.25) is 0 Å². The highest BCUT2D eigenvalue weighted by Crippen LogP contribution is 2.22. The van der Waals surface area contributed by atoms with Gasteiger partial charge in [-0.15, -0.1) is 0 Å². The average molecular weight is 296 g/mol. The van der Waals surface area contributed by atoms with Crippen molar-refractivity contribution in [3.63, 3.8) is 0 Å². The Kier molecular flexibility index (Phi) is 3.58. The van der Waals surface area contributed by atoms with Gasteiger partial charge in [0, 0.05) is 24.8 Å². The Morgan fingerprint density at radius 1 is 1.18 bits per heavy atom. The fourth-order valence-corrected chi connectivity index (χ4v) is 1.90. The van der Waals surface area contributed by atoms with Gasteiger partial charge in [-0.2, -0.15) is 0 Å². The SMILES string of the molecule is NC(NC(=O)c1cncnc1)(c1ncccn1)c1ccco1. The number of nitrogens with two attached hydrogens (primary N) is 1. The van der Waals surface area contributed by atoms with Crippen LogP contribution >= 0.6 is 0 Å². The summed E-state index contributed by atoms with van der Waals surface area (Å²) >= 11 is 0. The van der Waals surface area contributed by atoms with Crippen LogP contribution in [-0.2, 0) is 5.66 Å². The van der Waals surface area contributed by atoms with Crippen LogP contribution in [0, 0.1) is 0 Å². The molecule has 0 aliphatic rings. The van der Waals surface area contributed by atoms with E-state index in [9.17, 15) is 4.79 Å². The van der Waals surface area contributed by atoms with E-state index >= 15 is 0 Å². The van der Waals surface area contributed by atoms with Crippen molar-refractivity contribution >= 4 is 5.91 Å². The Hall–Kier alpha value is -3.13. The number of hydrogen-bond acceptors (Lipinski definition) is 7. The normalized spacial score (nSPS) is 13.3. The molecule has 0 spiro atoms. The molecule has 8 heteroatoms. The van der Waals surface area contributed by atoms with Gasteiger partial charge in [0.1, 0.15) is 6.33 Å². The highest BCUT2D eigenvalue weighted by molar-refractivity contribution is 5.94. The highest BCUT2D eigenvalue weighted by atomic mass is 16.3. The van der Waals surface area contributed by atoms with Gasteiger partial charge in [-0.05, 0) is 18.2 Å². The third kappa shape index (κ3) is 2.54. The third-order valence-corrected chi connectivity index (χ3v) is 2.96. The van der Waals surface area contributed by atoms with Crippen molar-refractivity contribution in [1.29, 1.82) is 0 Å². The van der Waals surface area contributed by atoms with Crippen LogP contribution in [-0.4, -0.2) is 25.8 Å². The van der Waals surface area contributed by atoms with Crippen LogP contribution in [0.5, 0.6) is 0 Å². The molecule has 0 bridgehead atoms. The average Bonchev–Trinajstić information content (AvgIpc) is 3.11. The topological polar surface area (TPSA) is 120 Å². The molecule has 3 aromatic heterocycles. The molecule has 110 valence electrons. The van der Waals surface area contributed by atoms with Crippen LogP contribution in [0.3, 0.4) is 0 Å². The Labute approximate surface area is 125 Å². The van der Waals surface area contributed by atoms with Crippen molar-refractivity contribution in [1.82, 2.24) is 25.3 Å². The first-order valence-electron chi connectivity index (χ1n) is 6.38. The molecule has 0 aliphatic heterocycles. The molecule has 0 fully saturated rings. The maximum Gasteiger partial charge on any atom is 0.256 e. The molecular formula is C14H12N6O2. The van der Waals surface area contributed by atoms with Gasteiger partial charge in [-0.3, -0.25) is 10.5 Å². The monoisotopic (exact) mass is 296 g/mol. The fourth-order valence-electron chi connectivity index (χ4n) is 1.90. The van der Waals surface area contributed by atoms with E-state index in [1.165, 1.54) is 37.4 Å². The summed E-state index contributed by atoms with van der Waals surface area (Å²) in [6.07, 6.45) is 8.62. The number of nitrogens with one attached hydrogen (secondary N) is 1. The lowest BCUT2D eigenvalue weighted by Gasteiger charge is -2.26. The summed E-state index contributed by atoms with van der Waals surface area (Å²) in [7, 11) is 0. The summed E-state index contributed by atoms with van der Waals surface area (Å²) in [5, 5.41) is 2.67. The summed E-state index contributed by atoms with van der Waals surface area (Å²) in [6.45, 7) is 0. The van der Waals surface area contributed by atoms with E-state index in [-0.39, 0.29) is 11.4 Å². The Morgan fingerprint density at radius 3 is 2.55 bits per heavy atom. The number of amides is 1. The molecule has 0 aromatic carbocycles. The number of carbonyl (C=O) groups is 1. The predicted molar refractivity (Wildman–Crippen MR) is 75.2 cm³/mol. The quantitative estimate of drug-likeness (QED) is 0.670. The van der Waals surface area contributed by atoms with Crippen molar-refractivity contribution in [2.45, 2.75) is 5.66 Å². The zero-order valence-corrected chi connectivity index (χ0v) is 11.4. The standard InChI is InChI=1S/C14H12N6O2/c15-14(11-3-1-6-22-11,13-18-4-2-5-19-13)20-12(21)10-7-16-9-17-8-10/h1-9H,15H2,(H,20,21). The lowest BCUT2D eigenvalue weighted by atomic mass is 10.1. The van der Waals surface area contributed by atoms with Crippen LogP contribution in [0.25, 0.3) is 0 Å². The predicted octanol–water partition coefficient (Wildman–Crippen LogP) is 0.449. The number of hydrogen-bond donors (Lipinski definition) is 2. The minimum atomic E-state index is -1.50. The van der Waals surface area contributed by atoms with Crippen LogP contribution in [0.15, 0.2) is 60.0 Å². The van der Waals surface area contributed by atoms with Gasteiger partial charge in [0.25, 0.3) is 5.91 Å². The van der Waals surface area contributed by atoms with Gasteiger partial charge in [-0.25, -0.2) is 19.9 Å². The van der Waals surface area contributed by atoms with E-state index in [4.69, 9.17) is 10.2 Å². The van der Waals surface area contributed by atoms with Gasteiger partial charge < -0.3 is 9.73 Å². The van der Waals surface area contributed by atoms with Gasteiger partial charge in [-0.1, -0.05) is 0 Å². The molecule has 3 aromatic rings. The summed E-state index contributed by atoms with van der Waals surface area (Å²) in [4.78, 5) is 28.2. The largest absolute Gasteiger partial charge is 0.465 e. The second kappa shape index (κ2) is 5.70. The molecular weight excluding hydrogens is 284 g/mol. The van der Waals surface area contributed by atoms with Crippen molar-refractivity contribution in [2.24, 2.45) is 5.73 Å². The summed E-state index contributed by atoms with van der Waals surface area (Å²) in [6, 6.07) is 4.95. The van der Waals surface area contributed by atoms with Crippen molar-refractivity contribution in [3.8, 4) is 0 Å². The van der Waals surface area contributed by atoms with E-state index in [0.29, 0.717) is 5.76 Å². The third-order valence-electron chi connectivity index (χ3n) is 2.96. The first-order valence-corrected chi connectivity index (χ1v) is 6.38. The molecule has 3 heterocycles. The van der Waals surface area contributed by atoms with Crippen LogP contribution in [0.1, 0.15) is 21.9 Å². The van der Waals surface area contributed by atoms with Gasteiger partial charge in [0.2, 0.25) is 5.66 Å². The Morgan fingerprint density at radius 2 is 1.91 bits per heavy atom. The van der Waals surface area contributed by atoms with E-state index < -0.39 is 11.6 Å². The second-order valence-corrected chi connectivity index (χ2v) is 4.44. The number of carbonyl (C=O) groups excluding carboxylic acids is 1. The first kappa shape index (κ1) is 13.8. The summed E-state index contributed by atoms with van der Waals surface area (Å²) < 4.78 is 5.34. The Balaban J connectivity index is 1.99. The minimum absolute atomic E-state index is 0.204. The molecule has 22 heavy (non-hydrogen) atoms. The second-order valence-electron chi connectivity index (χ2n) is 4.44. The molecule has 8 nitrogen and oxygen atoms in total. The van der Waals surface area contributed by atoms with Crippen LogP contribution < -0.4 is 11.1 Å². The minimum Gasteiger partial charge on any atom is -0.465 e. The molecule has 0 saturated heterocycles. The number of rotatable bonds is 4.